The van der Waals surface area contributed by atoms with Crippen LogP contribution in [0.4, 0.5) is 0 Å². The van der Waals surface area contributed by atoms with Gasteiger partial charge in [0.15, 0.2) is 0 Å². The van der Waals surface area contributed by atoms with Crippen molar-refractivity contribution in [3.63, 3.8) is 0 Å². The van der Waals surface area contributed by atoms with Crippen LogP contribution in [0.2, 0.25) is 0 Å². The Balaban J connectivity index is 0.000000501. The number of aliphatic carboxylic acids is 2. The van der Waals surface area contributed by atoms with Crippen LogP contribution < -0.4 is 10.1 Å². The minimum atomic E-state index is -1.82. The van der Waals surface area contributed by atoms with Crippen molar-refractivity contribution in [3.8, 4) is 5.75 Å². The number of nitrogens with one attached hydrogen (secondary N) is 1. The van der Waals surface area contributed by atoms with Gasteiger partial charge >= 0.3 is 11.9 Å². The molecule has 3 rings (SSSR count). The Bertz CT molecular complexity index is 792. The highest BCUT2D eigenvalue weighted by molar-refractivity contribution is 6.27. The number of hydrogen-bond donors (Lipinski definition) is 3. The number of nitrogens with zero attached hydrogens (tertiary/aromatic N) is 1. The molecular weight excluding hydrogens is 404 g/mol. The molecule has 1 heterocycles. The van der Waals surface area contributed by atoms with E-state index in [2.05, 4.69) is 28.4 Å². The lowest BCUT2D eigenvalue weighted by Crippen LogP contribution is -2.40. The number of carbonyl (C=O) groups is 2. The van der Waals surface area contributed by atoms with Gasteiger partial charge in [-0.25, -0.2) is 9.59 Å². The van der Waals surface area contributed by atoms with Crippen LogP contribution in [-0.4, -0.2) is 92.8 Å². The fourth-order valence-corrected chi connectivity index (χ4v) is 2.97. The summed E-state index contributed by atoms with van der Waals surface area (Å²) in [5, 5.41) is 20.5. The lowest BCUT2D eigenvalue weighted by molar-refractivity contribution is -0.159. The molecule has 0 atom stereocenters. The van der Waals surface area contributed by atoms with Crippen LogP contribution in [-0.2, 0) is 19.1 Å². The summed E-state index contributed by atoms with van der Waals surface area (Å²) in [6.45, 7) is 8.65. The van der Waals surface area contributed by atoms with Gasteiger partial charge in [-0.15, -0.1) is 0 Å². The van der Waals surface area contributed by atoms with Gasteiger partial charge in [-0.05, 0) is 11.5 Å². The maximum atomic E-state index is 9.10. The first-order valence-corrected chi connectivity index (χ1v) is 10.2. The van der Waals surface area contributed by atoms with E-state index >= 15 is 0 Å². The van der Waals surface area contributed by atoms with Crippen molar-refractivity contribution in [2.45, 2.75) is 0 Å². The molecule has 1 fully saturated rings. The van der Waals surface area contributed by atoms with Crippen molar-refractivity contribution in [1.29, 1.82) is 0 Å². The van der Waals surface area contributed by atoms with Crippen molar-refractivity contribution in [2.75, 3.05) is 65.8 Å². The molecule has 2 aromatic rings. The van der Waals surface area contributed by atoms with Crippen LogP contribution in [0.3, 0.4) is 0 Å². The number of fused-ring (bicyclic) bond motifs is 1. The van der Waals surface area contributed by atoms with Gasteiger partial charge in [-0.1, -0.05) is 36.4 Å². The zero-order valence-electron chi connectivity index (χ0n) is 17.5. The lowest BCUT2D eigenvalue weighted by atomic mass is 10.1. The normalized spacial score (nSPS) is 13.9. The van der Waals surface area contributed by atoms with E-state index in [-0.39, 0.29) is 0 Å². The van der Waals surface area contributed by atoms with Gasteiger partial charge in [0, 0.05) is 38.1 Å². The quantitative estimate of drug-likeness (QED) is 0.376. The highest BCUT2D eigenvalue weighted by atomic mass is 16.5. The summed E-state index contributed by atoms with van der Waals surface area (Å²) in [6.07, 6.45) is 0. The molecule has 1 aliphatic rings. The van der Waals surface area contributed by atoms with E-state index in [1.165, 1.54) is 5.39 Å². The third-order valence-corrected chi connectivity index (χ3v) is 4.55. The minimum Gasteiger partial charge on any atom is -0.491 e. The first-order chi connectivity index (χ1) is 15.1. The van der Waals surface area contributed by atoms with E-state index in [1.807, 2.05) is 24.3 Å². The SMILES string of the molecule is O=C(O)C(=O)O.c1ccc2c(OCCOCCNCCN3CCOCC3)cccc2c1. The highest BCUT2D eigenvalue weighted by Crippen LogP contribution is 2.24. The average molecular weight is 434 g/mol. The molecule has 0 spiro atoms. The minimum absolute atomic E-state index is 0.571. The van der Waals surface area contributed by atoms with E-state index in [9.17, 15) is 0 Å². The monoisotopic (exact) mass is 434 g/mol. The van der Waals surface area contributed by atoms with Gasteiger partial charge in [0.25, 0.3) is 0 Å². The predicted octanol–water partition coefficient (Wildman–Crippen LogP) is 1.31. The Hall–Kier alpha value is -2.72. The molecule has 1 aliphatic heterocycles. The topological polar surface area (TPSA) is 118 Å². The van der Waals surface area contributed by atoms with Crippen molar-refractivity contribution in [2.24, 2.45) is 0 Å². The highest BCUT2D eigenvalue weighted by Gasteiger charge is 2.08. The molecular formula is C22H30N2O7. The summed E-state index contributed by atoms with van der Waals surface area (Å²) in [5.41, 5.74) is 0. The van der Waals surface area contributed by atoms with Gasteiger partial charge in [-0.2, -0.15) is 0 Å². The number of carboxylic acids is 2. The summed E-state index contributed by atoms with van der Waals surface area (Å²) in [4.78, 5) is 20.6. The molecule has 0 radical (unpaired) electrons. The van der Waals surface area contributed by atoms with E-state index in [4.69, 9.17) is 34.0 Å². The van der Waals surface area contributed by atoms with E-state index < -0.39 is 11.9 Å². The first-order valence-electron chi connectivity index (χ1n) is 10.2. The standard InChI is InChI=1S/C20H28N2O3.C2H2O4/c1-2-6-19-18(4-1)5-3-7-20(19)25-17-16-23-13-9-21-8-10-22-11-14-24-15-12-22;3-1(4)2(5)6/h1-7,21H,8-17H2;(H,3,4)(H,5,6). The van der Waals surface area contributed by atoms with Crippen LogP contribution in [0.15, 0.2) is 42.5 Å². The summed E-state index contributed by atoms with van der Waals surface area (Å²) < 4.78 is 16.8. The van der Waals surface area contributed by atoms with Crippen LogP contribution in [0.5, 0.6) is 5.75 Å². The summed E-state index contributed by atoms with van der Waals surface area (Å²) in [7, 11) is 0. The van der Waals surface area contributed by atoms with Crippen molar-refractivity contribution >= 4 is 22.7 Å². The van der Waals surface area contributed by atoms with E-state index in [1.54, 1.807) is 0 Å². The molecule has 0 aromatic heterocycles. The maximum Gasteiger partial charge on any atom is 0.414 e. The van der Waals surface area contributed by atoms with Gasteiger partial charge in [-0.3, -0.25) is 4.90 Å². The number of ether oxygens (including phenoxy) is 3. The Morgan fingerprint density at radius 1 is 0.935 bits per heavy atom. The second kappa shape index (κ2) is 14.3. The molecule has 0 bridgehead atoms. The molecule has 170 valence electrons. The molecule has 0 amide bonds. The van der Waals surface area contributed by atoms with Crippen molar-refractivity contribution in [1.82, 2.24) is 10.2 Å². The summed E-state index contributed by atoms with van der Waals surface area (Å²) >= 11 is 0. The number of carboxylic acid groups (broad SMARTS) is 2. The van der Waals surface area contributed by atoms with Crippen LogP contribution in [0.25, 0.3) is 10.8 Å². The zero-order valence-corrected chi connectivity index (χ0v) is 17.5. The Kier molecular flexibility index (Phi) is 11.3. The predicted molar refractivity (Wildman–Crippen MR) is 116 cm³/mol. The van der Waals surface area contributed by atoms with Gasteiger partial charge in [0.1, 0.15) is 12.4 Å². The molecule has 3 N–H and O–H groups in total. The fourth-order valence-electron chi connectivity index (χ4n) is 2.97. The maximum absolute atomic E-state index is 9.10. The Morgan fingerprint density at radius 3 is 2.39 bits per heavy atom. The second-order valence-corrected chi connectivity index (χ2v) is 6.75. The van der Waals surface area contributed by atoms with E-state index in [0.29, 0.717) is 19.8 Å². The largest absolute Gasteiger partial charge is 0.491 e. The van der Waals surface area contributed by atoms with Crippen molar-refractivity contribution in [3.05, 3.63) is 42.5 Å². The van der Waals surface area contributed by atoms with Crippen molar-refractivity contribution < 1.29 is 34.0 Å². The summed E-state index contributed by atoms with van der Waals surface area (Å²) in [6, 6.07) is 14.4. The van der Waals surface area contributed by atoms with Gasteiger partial charge < -0.3 is 29.7 Å². The molecule has 0 saturated carbocycles. The Morgan fingerprint density at radius 2 is 1.65 bits per heavy atom. The van der Waals surface area contributed by atoms with Gasteiger partial charge in [0.2, 0.25) is 0 Å². The molecule has 1 saturated heterocycles. The first kappa shape index (κ1) is 24.5. The zero-order chi connectivity index (χ0) is 22.3. The summed E-state index contributed by atoms with van der Waals surface area (Å²) in [5.74, 6) is -2.73. The fraction of sp³-hybridized carbons (Fsp3) is 0.455. The number of hydrogen-bond acceptors (Lipinski definition) is 7. The lowest BCUT2D eigenvalue weighted by Gasteiger charge is -2.26. The third kappa shape index (κ3) is 9.75. The molecule has 9 nitrogen and oxygen atoms in total. The van der Waals surface area contributed by atoms with Crippen LogP contribution in [0, 0.1) is 0 Å². The molecule has 0 unspecified atom stereocenters. The number of rotatable bonds is 10. The molecule has 31 heavy (non-hydrogen) atoms. The average Bonchev–Trinajstić information content (AvgIpc) is 2.79. The molecule has 0 aliphatic carbocycles. The van der Waals surface area contributed by atoms with Crippen LogP contribution >= 0.6 is 0 Å². The van der Waals surface area contributed by atoms with Crippen LogP contribution in [0.1, 0.15) is 0 Å². The van der Waals surface area contributed by atoms with E-state index in [0.717, 1.165) is 57.1 Å². The molecule has 2 aromatic carbocycles. The smallest absolute Gasteiger partial charge is 0.414 e. The second-order valence-electron chi connectivity index (χ2n) is 6.75. The van der Waals surface area contributed by atoms with Gasteiger partial charge in [0.05, 0.1) is 26.4 Å². The Labute approximate surface area is 181 Å². The number of morpholine rings is 1. The number of benzene rings is 2. The third-order valence-electron chi connectivity index (χ3n) is 4.55. The molecule has 9 heteroatoms.